The lowest BCUT2D eigenvalue weighted by Crippen LogP contribution is -2.41. The molecule has 2 aromatic rings. The molecule has 1 atom stereocenters. The van der Waals surface area contributed by atoms with E-state index in [1.807, 2.05) is 13.0 Å². The zero-order valence-electron chi connectivity index (χ0n) is 15.1. The summed E-state index contributed by atoms with van der Waals surface area (Å²) in [6.07, 6.45) is 1.79. The topological polar surface area (TPSA) is 80.2 Å². The largest absolute Gasteiger partial charge is 0.329 e. The fourth-order valence-corrected chi connectivity index (χ4v) is 5.71. The van der Waals surface area contributed by atoms with Gasteiger partial charge in [-0.1, -0.05) is 54.0 Å². The summed E-state index contributed by atoms with van der Waals surface area (Å²) >= 11 is 13.7. The first-order valence-corrected chi connectivity index (χ1v) is 12.3. The minimum Gasteiger partial charge on any atom is -0.329 e. The zero-order valence-corrected chi connectivity index (χ0v) is 18.3. The third kappa shape index (κ3) is 5.17. The molecule has 6 nitrogen and oxygen atoms in total. The molecule has 0 spiro atoms. The highest BCUT2D eigenvalue weighted by molar-refractivity contribution is 7.99. The quantitative estimate of drug-likeness (QED) is 0.483. The third-order valence-electron chi connectivity index (χ3n) is 4.35. The first-order chi connectivity index (χ1) is 13.3. The molecule has 10 heteroatoms. The van der Waals surface area contributed by atoms with E-state index in [0.717, 1.165) is 11.3 Å². The molecule has 1 aliphatic rings. The SMILES string of the molecule is CCSc1ncc(Cl)c(C(=O)N(Cc2cccc(Cl)c2)C2CCS(=O)(=O)C2)n1. The highest BCUT2D eigenvalue weighted by atomic mass is 35.5. The number of aromatic nitrogens is 2. The van der Waals surface area contributed by atoms with Crippen LogP contribution in [0.2, 0.25) is 10.0 Å². The number of thioether (sulfide) groups is 1. The second kappa shape index (κ2) is 8.98. The van der Waals surface area contributed by atoms with Gasteiger partial charge in [0.15, 0.2) is 20.7 Å². The van der Waals surface area contributed by atoms with Crippen LogP contribution in [0, 0.1) is 0 Å². The van der Waals surface area contributed by atoms with Crippen LogP contribution < -0.4 is 0 Å². The van der Waals surface area contributed by atoms with Gasteiger partial charge in [0.1, 0.15) is 0 Å². The van der Waals surface area contributed by atoms with Crippen molar-refractivity contribution in [1.29, 1.82) is 0 Å². The van der Waals surface area contributed by atoms with E-state index in [9.17, 15) is 13.2 Å². The van der Waals surface area contributed by atoms with Crippen molar-refractivity contribution in [2.24, 2.45) is 0 Å². The summed E-state index contributed by atoms with van der Waals surface area (Å²) in [7, 11) is -3.17. The van der Waals surface area contributed by atoms with E-state index < -0.39 is 21.8 Å². The third-order valence-corrected chi connectivity index (χ3v) is 7.36. The van der Waals surface area contributed by atoms with Crippen LogP contribution in [0.15, 0.2) is 35.6 Å². The molecule has 0 radical (unpaired) electrons. The normalized spacial score (nSPS) is 18.2. The predicted molar refractivity (Wildman–Crippen MR) is 112 cm³/mol. The highest BCUT2D eigenvalue weighted by Gasteiger charge is 2.36. The number of carbonyl (C=O) groups excluding carboxylic acids is 1. The van der Waals surface area contributed by atoms with Crippen molar-refractivity contribution in [2.45, 2.75) is 31.1 Å². The highest BCUT2D eigenvalue weighted by Crippen LogP contribution is 2.26. The molecule has 1 fully saturated rings. The number of hydrogen-bond acceptors (Lipinski definition) is 6. The second-order valence-corrected chi connectivity index (χ2v) is 10.7. The number of nitrogens with zero attached hydrogens (tertiary/aromatic N) is 3. The van der Waals surface area contributed by atoms with Crippen LogP contribution >= 0.6 is 35.0 Å². The van der Waals surface area contributed by atoms with E-state index in [-0.39, 0.29) is 28.8 Å². The van der Waals surface area contributed by atoms with Crippen molar-refractivity contribution in [2.75, 3.05) is 17.3 Å². The molecule has 150 valence electrons. The summed E-state index contributed by atoms with van der Waals surface area (Å²) in [4.78, 5) is 23.3. The minimum absolute atomic E-state index is 0.0609. The van der Waals surface area contributed by atoms with Gasteiger partial charge in [0, 0.05) is 17.6 Å². The van der Waals surface area contributed by atoms with Crippen molar-refractivity contribution < 1.29 is 13.2 Å². The van der Waals surface area contributed by atoms with Crippen molar-refractivity contribution >= 4 is 50.7 Å². The molecule has 1 amide bonds. The summed E-state index contributed by atoms with van der Waals surface area (Å²) in [6, 6.07) is 6.69. The predicted octanol–water partition coefficient (Wildman–Crippen LogP) is 3.72. The van der Waals surface area contributed by atoms with E-state index in [1.165, 1.54) is 22.9 Å². The molecule has 0 saturated carbocycles. The van der Waals surface area contributed by atoms with E-state index >= 15 is 0 Å². The Labute approximate surface area is 178 Å². The molecule has 1 aromatic heterocycles. The van der Waals surface area contributed by atoms with Gasteiger partial charge in [0.05, 0.1) is 22.7 Å². The summed E-state index contributed by atoms with van der Waals surface area (Å²) < 4.78 is 24.0. The number of amides is 1. The van der Waals surface area contributed by atoms with Crippen molar-refractivity contribution in [3.63, 3.8) is 0 Å². The standard InChI is InChI=1S/C18H19Cl2N3O3S2/c1-2-27-18-21-9-15(20)16(22-18)17(24)23(14-6-7-28(25,26)11-14)10-12-4-3-5-13(19)8-12/h3-5,8-9,14H,2,6-7,10-11H2,1H3. The Morgan fingerprint density at radius 2 is 2.14 bits per heavy atom. The van der Waals surface area contributed by atoms with Crippen LogP contribution in [-0.2, 0) is 16.4 Å². The van der Waals surface area contributed by atoms with Crippen LogP contribution in [0.5, 0.6) is 0 Å². The van der Waals surface area contributed by atoms with Crippen LogP contribution in [0.3, 0.4) is 0 Å². The van der Waals surface area contributed by atoms with Crippen LogP contribution in [0.1, 0.15) is 29.4 Å². The zero-order chi connectivity index (χ0) is 20.3. The maximum Gasteiger partial charge on any atom is 0.274 e. The molecule has 2 heterocycles. The lowest BCUT2D eigenvalue weighted by atomic mass is 10.1. The lowest BCUT2D eigenvalue weighted by Gasteiger charge is -2.28. The molecule has 0 bridgehead atoms. The Balaban J connectivity index is 1.96. The molecule has 3 rings (SSSR count). The smallest absolute Gasteiger partial charge is 0.274 e. The van der Waals surface area contributed by atoms with Gasteiger partial charge in [-0.2, -0.15) is 0 Å². The monoisotopic (exact) mass is 459 g/mol. The number of halogens is 2. The fraction of sp³-hybridized carbons (Fsp3) is 0.389. The lowest BCUT2D eigenvalue weighted by molar-refractivity contribution is 0.0674. The van der Waals surface area contributed by atoms with Gasteiger partial charge in [-0.15, -0.1) is 0 Å². The molecular weight excluding hydrogens is 441 g/mol. The molecule has 1 unspecified atom stereocenters. The van der Waals surface area contributed by atoms with Gasteiger partial charge in [-0.05, 0) is 29.9 Å². The Hall–Kier alpha value is -1.35. The van der Waals surface area contributed by atoms with Crippen LogP contribution in [0.4, 0.5) is 0 Å². The number of rotatable bonds is 6. The first-order valence-electron chi connectivity index (χ1n) is 8.70. The Morgan fingerprint density at radius 3 is 2.79 bits per heavy atom. The molecular formula is C18H19Cl2N3O3S2. The van der Waals surface area contributed by atoms with Gasteiger partial charge in [0.25, 0.3) is 5.91 Å². The molecule has 28 heavy (non-hydrogen) atoms. The van der Waals surface area contributed by atoms with Gasteiger partial charge in [-0.25, -0.2) is 18.4 Å². The molecule has 1 aromatic carbocycles. The number of hydrogen-bond donors (Lipinski definition) is 0. The van der Waals surface area contributed by atoms with Crippen molar-refractivity contribution in [3.8, 4) is 0 Å². The maximum atomic E-state index is 13.3. The minimum atomic E-state index is -3.17. The van der Waals surface area contributed by atoms with Crippen LogP contribution in [-0.4, -0.2) is 52.5 Å². The Bertz CT molecular complexity index is 986. The summed E-state index contributed by atoms with van der Waals surface area (Å²) in [5, 5.41) is 1.14. The van der Waals surface area contributed by atoms with Gasteiger partial charge >= 0.3 is 0 Å². The number of carbonyl (C=O) groups is 1. The number of sulfone groups is 1. The van der Waals surface area contributed by atoms with Crippen LogP contribution in [0.25, 0.3) is 0 Å². The van der Waals surface area contributed by atoms with E-state index in [2.05, 4.69) is 9.97 Å². The molecule has 1 aliphatic heterocycles. The average Bonchev–Trinajstić information content (AvgIpc) is 3.00. The summed E-state index contributed by atoms with van der Waals surface area (Å²) in [6.45, 7) is 2.18. The first kappa shape index (κ1) is 21.4. The fourth-order valence-electron chi connectivity index (χ4n) is 3.06. The second-order valence-electron chi connectivity index (χ2n) is 6.40. The van der Waals surface area contributed by atoms with E-state index in [0.29, 0.717) is 16.6 Å². The maximum absolute atomic E-state index is 13.3. The molecule has 1 saturated heterocycles. The number of benzene rings is 1. The Morgan fingerprint density at radius 1 is 1.36 bits per heavy atom. The van der Waals surface area contributed by atoms with Gasteiger partial charge < -0.3 is 4.90 Å². The molecule has 0 N–H and O–H groups in total. The Kier molecular flexibility index (Phi) is 6.85. The van der Waals surface area contributed by atoms with Crippen molar-refractivity contribution in [3.05, 3.63) is 51.8 Å². The average molecular weight is 460 g/mol. The summed E-state index contributed by atoms with van der Waals surface area (Å²) in [5.74, 6) is 0.333. The van der Waals surface area contributed by atoms with Crippen molar-refractivity contribution in [1.82, 2.24) is 14.9 Å². The van der Waals surface area contributed by atoms with Gasteiger partial charge in [-0.3, -0.25) is 4.79 Å². The van der Waals surface area contributed by atoms with E-state index in [4.69, 9.17) is 23.2 Å². The summed E-state index contributed by atoms with van der Waals surface area (Å²) in [5.41, 5.74) is 0.887. The van der Waals surface area contributed by atoms with Gasteiger partial charge in [0.2, 0.25) is 0 Å². The van der Waals surface area contributed by atoms with E-state index in [1.54, 1.807) is 18.2 Å². The molecule has 0 aliphatic carbocycles.